The Morgan fingerprint density at radius 3 is 2.70 bits per heavy atom. The fourth-order valence-electron chi connectivity index (χ4n) is 4.11. The molecule has 2 fully saturated rings. The van der Waals surface area contributed by atoms with Crippen LogP contribution in [0.4, 0.5) is 5.69 Å². The van der Waals surface area contributed by atoms with Gasteiger partial charge in [0.1, 0.15) is 5.75 Å². The van der Waals surface area contributed by atoms with Crippen LogP contribution >= 0.6 is 11.6 Å². The Labute approximate surface area is 182 Å². The van der Waals surface area contributed by atoms with Crippen LogP contribution in [0.2, 0.25) is 5.02 Å². The molecule has 166 valence electrons. The lowest BCUT2D eigenvalue weighted by molar-refractivity contribution is -0.130. The molecule has 1 aromatic rings. The van der Waals surface area contributed by atoms with Gasteiger partial charge in [0, 0.05) is 38.7 Å². The number of carbonyl (C=O) groups is 2. The summed E-state index contributed by atoms with van der Waals surface area (Å²) in [6, 6.07) is 2.63. The van der Waals surface area contributed by atoms with Crippen LogP contribution in [0.3, 0.4) is 0 Å². The van der Waals surface area contributed by atoms with Crippen molar-refractivity contribution in [3.05, 3.63) is 22.7 Å². The van der Waals surface area contributed by atoms with Gasteiger partial charge in [-0.2, -0.15) is 0 Å². The van der Waals surface area contributed by atoms with Gasteiger partial charge in [-0.3, -0.25) is 9.59 Å². The number of nitrogens with zero attached hydrogens (tertiary/aromatic N) is 2. The average molecular weight is 439 g/mol. The van der Waals surface area contributed by atoms with E-state index >= 15 is 0 Å². The van der Waals surface area contributed by atoms with Gasteiger partial charge in [0.2, 0.25) is 5.91 Å². The lowest BCUT2D eigenvalue weighted by Crippen LogP contribution is -2.54. The topological polar surface area (TPSA) is 108 Å². The van der Waals surface area contributed by atoms with Crippen LogP contribution in [0, 0.1) is 0 Å². The second-order valence-corrected chi connectivity index (χ2v) is 8.41. The zero-order valence-corrected chi connectivity index (χ0v) is 18.2. The molecule has 1 aromatic carbocycles. The Balaban J connectivity index is 1.47. The lowest BCUT2D eigenvalue weighted by atomic mass is 10.0. The maximum Gasteiger partial charge on any atom is 0.255 e. The van der Waals surface area contributed by atoms with E-state index in [4.69, 9.17) is 22.1 Å². The number of benzene rings is 1. The quantitative estimate of drug-likeness (QED) is 0.557. The van der Waals surface area contributed by atoms with Crippen molar-refractivity contribution in [1.29, 1.82) is 0 Å². The number of halogens is 1. The average Bonchev–Trinajstić information content (AvgIpc) is 3.26. The van der Waals surface area contributed by atoms with E-state index in [1.807, 2.05) is 4.90 Å². The number of hydrogen-bond acceptors (Lipinski definition) is 6. The van der Waals surface area contributed by atoms with Crippen molar-refractivity contribution in [2.24, 2.45) is 0 Å². The molecule has 0 bridgehead atoms. The third kappa shape index (κ3) is 5.56. The standard InChI is InChI=1S/C21H31ClN4O4/c1-30-19-12-16(23)15(22)11-14(19)21(29)24-17-6-10-25(13-18(17)27)7-4-5-20(28)26-8-2-3-9-26/h11-12,17-18,27H,2-10,13,23H2,1H3,(H,24,29). The molecule has 3 rings (SSSR count). The van der Waals surface area contributed by atoms with Gasteiger partial charge < -0.3 is 30.7 Å². The van der Waals surface area contributed by atoms with Crippen molar-refractivity contribution in [1.82, 2.24) is 15.1 Å². The molecular weight excluding hydrogens is 408 g/mol. The number of rotatable bonds is 7. The van der Waals surface area contributed by atoms with Gasteiger partial charge in [-0.25, -0.2) is 0 Å². The maximum atomic E-state index is 12.7. The summed E-state index contributed by atoms with van der Waals surface area (Å²) in [5.41, 5.74) is 6.39. The SMILES string of the molecule is COc1cc(N)c(Cl)cc1C(=O)NC1CCN(CCCC(=O)N2CCCC2)CC1O. The molecule has 0 aliphatic carbocycles. The predicted molar refractivity (Wildman–Crippen MR) is 116 cm³/mol. The number of aliphatic hydroxyl groups excluding tert-OH is 1. The first kappa shape index (κ1) is 22.7. The fourth-order valence-corrected chi connectivity index (χ4v) is 4.27. The summed E-state index contributed by atoms with van der Waals surface area (Å²) in [7, 11) is 1.46. The zero-order chi connectivity index (χ0) is 21.7. The number of hydrogen-bond donors (Lipinski definition) is 3. The first-order valence-corrected chi connectivity index (χ1v) is 10.9. The number of ether oxygens (including phenoxy) is 1. The molecule has 8 nitrogen and oxygen atoms in total. The highest BCUT2D eigenvalue weighted by Crippen LogP contribution is 2.29. The highest BCUT2D eigenvalue weighted by molar-refractivity contribution is 6.33. The van der Waals surface area contributed by atoms with E-state index < -0.39 is 6.10 Å². The van der Waals surface area contributed by atoms with Gasteiger partial charge in [-0.1, -0.05) is 11.6 Å². The van der Waals surface area contributed by atoms with Crippen molar-refractivity contribution in [3.63, 3.8) is 0 Å². The van der Waals surface area contributed by atoms with Crippen molar-refractivity contribution in [3.8, 4) is 5.75 Å². The lowest BCUT2D eigenvalue weighted by Gasteiger charge is -2.36. The van der Waals surface area contributed by atoms with Gasteiger partial charge in [0.25, 0.3) is 5.91 Å². The number of nitrogen functional groups attached to an aromatic ring is 1. The number of nitrogens with one attached hydrogen (secondary N) is 1. The molecule has 2 saturated heterocycles. The van der Waals surface area contributed by atoms with Crippen LogP contribution in [0.5, 0.6) is 5.75 Å². The molecule has 30 heavy (non-hydrogen) atoms. The first-order chi connectivity index (χ1) is 14.4. The zero-order valence-electron chi connectivity index (χ0n) is 17.4. The van der Waals surface area contributed by atoms with Gasteiger partial charge >= 0.3 is 0 Å². The summed E-state index contributed by atoms with van der Waals surface area (Å²) < 4.78 is 5.23. The maximum absolute atomic E-state index is 12.7. The number of likely N-dealkylation sites (tertiary alicyclic amines) is 2. The minimum absolute atomic E-state index is 0.228. The van der Waals surface area contributed by atoms with Crippen molar-refractivity contribution >= 4 is 29.1 Å². The monoisotopic (exact) mass is 438 g/mol. The first-order valence-electron chi connectivity index (χ1n) is 10.5. The molecule has 9 heteroatoms. The molecule has 2 unspecified atom stereocenters. The van der Waals surface area contributed by atoms with Crippen LogP contribution in [-0.2, 0) is 4.79 Å². The van der Waals surface area contributed by atoms with E-state index in [0.29, 0.717) is 30.8 Å². The molecule has 0 radical (unpaired) electrons. The number of carbonyl (C=O) groups excluding carboxylic acids is 2. The van der Waals surface area contributed by atoms with E-state index in [-0.39, 0.29) is 28.4 Å². The van der Waals surface area contributed by atoms with Crippen LogP contribution in [0.25, 0.3) is 0 Å². The summed E-state index contributed by atoms with van der Waals surface area (Å²) in [5.74, 6) is 0.206. The van der Waals surface area contributed by atoms with E-state index in [0.717, 1.165) is 45.4 Å². The Kier molecular flexibility index (Phi) is 7.80. The molecular formula is C21H31ClN4O4. The number of piperidine rings is 1. The molecule has 0 aromatic heterocycles. The molecule has 2 atom stereocenters. The van der Waals surface area contributed by atoms with Crippen molar-refractivity contribution in [2.45, 2.75) is 44.2 Å². The van der Waals surface area contributed by atoms with Crippen LogP contribution in [0.1, 0.15) is 42.5 Å². The Bertz CT molecular complexity index is 770. The number of β-amino-alcohol motifs (C(OH)–C–C–N with tert-alkyl or cyclic N) is 1. The Hall–Kier alpha value is -2.03. The van der Waals surface area contributed by atoms with Gasteiger partial charge in [-0.15, -0.1) is 0 Å². The number of nitrogens with two attached hydrogens (primary N) is 1. The second-order valence-electron chi connectivity index (χ2n) is 8.00. The summed E-state index contributed by atoms with van der Waals surface area (Å²) in [6.07, 6.45) is 3.46. The van der Waals surface area contributed by atoms with Crippen molar-refractivity contribution < 1.29 is 19.4 Å². The van der Waals surface area contributed by atoms with Gasteiger partial charge in [-0.05, 0) is 38.3 Å². The highest BCUT2D eigenvalue weighted by atomic mass is 35.5. The molecule has 4 N–H and O–H groups in total. The van der Waals surface area contributed by atoms with Gasteiger partial charge in [0.05, 0.1) is 35.5 Å². The molecule has 0 spiro atoms. The largest absolute Gasteiger partial charge is 0.496 e. The normalized spacial score (nSPS) is 22.2. The molecule has 0 saturated carbocycles. The van der Waals surface area contributed by atoms with Crippen LogP contribution in [-0.4, -0.2) is 78.7 Å². The molecule has 2 amide bonds. The van der Waals surface area contributed by atoms with E-state index in [2.05, 4.69) is 10.2 Å². The Morgan fingerprint density at radius 2 is 2.03 bits per heavy atom. The fraction of sp³-hybridized carbons (Fsp3) is 0.619. The smallest absolute Gasteiger partial charge is 0.255 e. The van der Waals surface area contributed by atoms with E-state index in [9.17, 15) is 14.7 Å². The number of anilines is 1. The Morgan fingerprint density at radius 1 is 1.30 bits per heavy atom. The number of methoxy groups -OCH3 is 1. The van der Waals surface area contributed by atoms with Crippen molar-refractivity contribution in [2.75, 3.05) is 45.6 Å². The highest BCUT2D eigenvalue weighted by Gasteiger charge is 2.30. The van der Waals surface area contributed by atoms with E-state index in [1.54, 1.807) is 0 Å². The molecule has 2 aliphatic heterocycles. The second kappa shape index (κ2) is 10.3. The van der Waals surface area contributed by atoms with Crippen LogP contribution < -0.4 is 15.8 Å². The number of aliphatic hydroxyl groups is 1. The van der Waals surface area contributed by atoms with Crippen LogP contribution in [0.15, 0.2) is 12.1 Å². The summed E-state index contributed by atoms with van der Waals surface area (Å²) >= 11 is 6.05. The third-order valence-electron chi connectivity index (χ3n) is 5.87. The van der Waals surface area contributed by atoms with E-state index in [1.165, 1.54) is 19.2 Å². The molecule has 2 aliphatic rings. The predicted octanol–water partition coefficient (Wildman–Crippen LogP) is 1.50. The number of amides is 2. The molecule has 2 heterocycles. The minimum atomic E-state index is -0.688. The minimum Gasteiger partial charge on any atom is -0.496 e. The summed E-state index contributed by atoms with van der Waals surface area (Å²) in [4.78, 5) is 28.9. The summed E-state index contributed by atoms with van der Waals surface area (Å²) in [6.45, 7) is 3.74. The summed E-state index contributed by atoms with van der Waals surface area (Å²) in [5, 5.41) is 13.7. The van der Waals surface area contributed by atoms with Gasteiger partial charge in [0.15, 0.2) is 0 Å². The third-order valence-corrected chi connectivity index (χ3v) is 6.20.